The first-order valence-electron chi connectivity index (χ1n) is 6.13. The Morgan fingerprint density at radius 2 is 2.29 bits per heavy atom. The van der Waals surface area contributed by atoms with E-state index in [2.05, 4.69) is 44.6 Å². The summed E-state index contributed by atoms with van der Waals surface area (Å²) >= 11 is 3.44. The number of rotatable bonds is 3. The Labute approximate surface area is 111 Å². The molecule has 94 valence electrons. The summed E-state index contributed by atoms with van der Waals surface area (Å²) in [6.07, 6.45) is 2.22. The molecule has 0 N–H and O–H groups in total. The maximum absolute atomic E-state index is 5.67. The van der Waals surface area contributed by atoms with Crippen LogP contribution in [0.15, 0.2) is 10.7 Å². The van der Waals surface area contributed by atoms with Gasteiger partial charge < -0.3 is 9.64 Å². The van der Waals surface area contributed by atoms with Gasteiger partial charge in [0.05, 0.1) is 12.7 Å². The number of anilines is 1. The van der Waals surface area contributed by atoms with Gasteiger partial charge in [-0.3, -0.25) is 0 Å². The van der Waals surface area contributed by atoms with Crippen LogP contribution in [0.4, 0.5) is 5.82 Å². The first-order valence-corrected chi connectivity index (χ1v) is 6.92. The molecule has 1 saturated heterocycles. The second-order valence-electron chi connectivity index (χ2n) is 4.17. The standard InChI is InChI=1S/C12H18BrN3O/c1-3-9-8-16(5-6-17-9)12-7-10(13)14-11(4-2)15-12/h7,9H,3-6,8H2,1-2H3. The van der Waals surface area contributed by atoms with Gasteiger partial charge in [0.1, 0.15) is 16.2 Å². The van der Waals surface area contributed by atoms with Gasteiger partial charge in [0, 0.05) is 25.6 Å². The van der Waals surface area contributed by atoms with Crippen LogP contribution in [0, 0.1) is 0 Å². The lowest BCUT2D eigenvalue weighted by Gasteiger charge is -2.33. The summed E-state index contributed by atoms with van der Waals surface area (Å²) in [5.74, 6) is 1.89. The molecule has 4 nitrogen and oxygen atoms in total. The Balaban J connectivity index is 2.18. The molecule has 0 aliphatic carbocycles. The smallest absolute Gasteiger partial charge is 0.133 e. The summed E-state index contributed by atoms with van der Waals surface area (Å²) in [7, 11) is 0. The van der Waals surface area contributed by atoms with E-state index in [4.69, 9.17) is 4.74 Å². The summed E-state index contributed by atoms with van der Waals surface area (Å²) in [5, 5.41) is 0. The van der Waals surface area contributed by atoms with Gasteiger partial charge in [-0.05, 0) is 22.4 Å². The first kappa shape index (κ1) is 12.8. The number of nitrogens with zero attached hydrogens (tertiary/aromatic N) is 3. The number of aromatic nitrogens is 2. The second-order valence-corrected chi connectivity index (χ2v) is 4.98. The lowest BCUT2D eigenvalue weighted by molar-refractivity contribution is 0.0381. The highest BCUT2D eigenvalue weighted by Gasteiger charge is 2.20. The van der Waals surface area contributed by atoms with Gasteiger partial charge in [-0.1, -0.05) is 13.8 Å². The zero-order valence-electron chi connectivity index (χ0n) is 10.3. The van der Waals surface area contributed by atoms with Crippen LogP contribution in [0.3, 0.4) is 0 Å². The summed E-state index contributed by atoms with van der Waals surface area (Å²) in [6, 6.07) is 1.98. The molecule has 0 saturated carbocycles. The number of ether oxygens (including phenoxy) is 1. The molecule has 2 heterocycles. The highest BCUT2D eigenvalue weighted by atomic mass is 79.9. The lowest BCUT2D eigenvalue weighted by atomic mass is 10.2. The van der Waals surface area contributed by atoms with Crippen LogP contribution < -0.4 is 4.90 Å². The summed E-state index contributed by atoms with van der Waals surface area (Å²) in [4.78, 5) is 11.2. The largest absolute Gasteiger partial charge is 0.375 e. The van der Waals surface area contributed by atoms with E-state index >= 15 is 0 Å². The van der Waals surface area contributed by atoms with Crippen molar-refractivity contribution >= 4 is 21.7 Å². The number of halogens is 1. The minimum absolute atomic E-state index is 0.322. The van der Waals surface area contributed by atoms with Crippen molar-refractivity contribution in [2.45, 2.75) is 32.8 Å². The first-order chi connectivity index (χ1) is 8.22. The maximum Gasteiger partial charge on any atom is 0.133 e. The normalized spacial score (nSPS) is 20.6. The van der Waals surface area contributed by atoms with Gasteiger partial charge in [0.15, 0.2) is 0 Å². The van der Waals surface area contributed by atoms with E-state index in [1.54, 1.807) is 0 Å². The van der Waals surface area contributed by atoms with Crippen molar-refractivity contribution in [1.82, 2.24) is 9.97 Å². The fourth-order valence-electron chi connectivity index (χ4n) is 1.95. The average Bonchev–Trinajstić information content (AvgIpc) is 2.38. The molecule has 5 heteroatoms. The fraction of sp³-hybridized carbons (Fsp3) is 0.667. The molecule has 0 bridgehead atoms. The van der Waals surface area contributed by atoms with Crippen LogP contribution in [-0.2, 0) is 11.2 Å². The maximum atomic E-state index is 5.67. The van der Waals surface area contributed by atoms with Gasteiger partial charge in [0.25, 0.3) is 0 Å². The van der Waals surface area contributed by atoms with E-state index < -0.39 is 0 Å². The van der Waals surface area contributed by atoms with Crippen LogP contribution >= 0.6 is 15.9 Å². The van der Waals surface area contributed by atoms with Crippen molar-refractivity contribution in [2.75, 3.05) is 24.6 Å². The fourth-order valence-corrected chi connectivity index (χ4v) is 2.36. The van der Waals surface area contributed by atoms with Crippen LogP contribution in [0.5, 0.6) is 0 Å². The van der Waals surface area contributed by atoms with Crippen LogP contribution in [-0.4, -0.2) is 35.8 Å². The molecule has 0 amide bonds. The van der Waals surface area contributed by atoms with E-state index in [-0.39, 0.29) is 0 Å². The second kappa shape index (κ2) is 5.78. The molecule has 1 aliphatic heterocycles. The van der Waals surface area contributed by atoms with Gasteiger partial charge in [0.2, 0.25) is 0 Å². The van der Waals surface area contributed by atoms with Gasteiger partial charge in [-0.25, -0.2) is 9.97 Å². The number of hydrogen-bond donors (Lipinski definition) is 0. The van der Waals surface area contributed by atoms with Crippen molar-refractivity contribution in [3.8, 4) is 0 Å². The van der Waals surface area contributed by atoms with Gasteiger partial charge in [-0.2, -0.15) is 0 Å². The third-order valence-electron chi connectivity index (χ3n) is 2.96. The van der Waals surface area contributed by atoms with Crippen molar-refractivity contribution < 1.29 is 4.74 Å². The van der Waals surface area contributed by atoms with E-state index in [1.807, 2.05) is 6.07 Å². The average molecular weight is 300 g/mol. The third kappa shape index (κ3) is 3.16. The number of morpholine rings is 1. The molecule has 1 atom stereocenters. The SMILES string of the molecule is CCc1nc(Br)cc(N2CCOC(CC)C2)n1. The van der Waals surface area contributed by atoms with Gasteiger partial charge >= 0.3 is 0 Å². The van der Waals surface area contributed by atoms with Crippen molar-refractivity contribution in [2.24, 2.45) is 0 Å². The van der Waals surface area contributed by atoms with E-state index in [0.29, 0.717) is 6.10 Å². The monoisotopic (exact) mass is 299 g/mol. The Morgan fingerprint density at radius 1 is 1.47 bits per heavy atom. The highest BCUT2D eigenvalue weighted by molar-refractivity contribution is 9.10. The quantitative estimate of drug-likeness (QED) is 0.804. The minimum atomic E-state index is 0.322. The Hall–Kier alpha value is -0.680. The lowest BCUT2D eigenvalue weighted by Crippen LogP contribution is -2.42. The molecule has 0 radical (unpaired) electrons. The predicted octanol–water partition coefficient (Wildman–Crippen LogP) is 2.42. The molecular weight excluding hydrogens is 282 g/mol. The predicted molar refractivity (Wildman–Crippen MR) is 71.4 cm³/mol. The molecule has 1 unspecified atom stereocenters. The molecule has 1 aliphatic rings. The summed E-state index contributed by atoms with van der Waals surface area (Å²) in [6.45, 7) is 6.83. The van der Waals surface area contributed by atoms with E-state index in [1.165, 1.54) is 0 Å². The van der Waals surface area contributed by atoms with Gasteiger partial charge in [-0.15, -0.1) is 0 Å². The van der Waals surface area contributed by atoms with Crippen molar-refractivity contribution in [3.05, 3.63) is 16.5 Å². The summed E-state index contributed by atoms with van der Waals surface area (Å²) < 4.78 is 6.53. The molecule has 2 rings (SSSR count). The Morgan fingerprint density at radius 3 is 3.00 bits per heavy atom. The highest BCUT2D eigenvalue weighted by Crippen LogP contribution is 2.20. The Bertz CT molecular complexity index is 386. The number of aryl methyl sites for hydroxylation is 1. The zero-order valence-corrected chi connectivity index (χ0v) is 11.9. The molecule has 1 aromatic rings. The molecule has 1 aromatic heterocycles. The zero-order chi connectivity index (χ0) is 12.3. The minimum Gasteiger partial charge on any atom is -0.375 e. The van der Waals surface area contributed by atoms with E-state index in [0.717, 1.165) is 48.8 Å². The molecule has 0 aromatic carbocycles. The van der Waals surface area contributed by atoms with Crippen LogP contribution in [0.25, 0.3) is 0 Å². The number of hydrogen-bond acceptors (Lipinski definition) is 4. The molecule has 0 spiro atoms. The van der Waals surface area contributed by atoms with Crippen molar-refractivity contribution in [3.63, 3.8) is 0 Å². The Kier molecular flexibility index (Phi) is 4.34. The van der Waals surface area contributed by atoms with Crippen molar-refractivity contribution in [1.29, 1.82) is 0 Å². The molecular formula is C12H18BrN3O. The molecule has 1 fully saturated rings. The van der Waals surface area contributed by atoms with E-state index in [9.17, 15) is 0 Å². The summed E-state index contributed by atoms with van der Waals surface area (Å²) in [5.41, 5.74) is 0. The van der Waals surface area contributed by atoms with Crippen LogP contribution in [0.1, 0.15) is 26.1 Å². The van der Waals surface area contributed by atoms with Crippen LogP contribution in [0.2, 0.25) is 0 Å². The third-order valence-corrected chi connectivity index (χ3v) is 3.37. The topological polar surface area (TPSA) is 38.2 Å². The molecule has 17 heavy (non-hydrogen) atoms.